The van der Waals surface area contributed by atoms with Crippen molar-refractivity contribution in [1.82, 2.24) is 4.90 Å². The smallest absolute Gasteiger partial charge is 0.331 e. The molecular weight excluding hydrogens is 254 g/mol. The van der Waals surface area contributed by atoms with E-state index in [1.54, 1.807) is 18.2 Å². The highest BCUT2D eigenvalue weighted by atomic mass is 16.4. The quantitative estimate of drug-likeness (QED) is 0.812. The van der Waals surface area contributed by atoms with Crippen molar-refractivity contribution in [3.63, 3.8) is 0 Å². The molecule has 1 aromatic rings. The predicted octanol–water partition coefficient (Wildman–Crippen LogP) is 3.23. The van der Waals surface area contributed by atoms with E-state index in [4.69, 9.17) is 10.2 Å². The number of phenolic OH excluding ortho intramolecular Hbond substituents is 1. The standard InChI is InChI=1S/C10H10O3.C6H15N/c1-7(10(12)13)6-8-2-4-9(11)5-3-8;1-4-7(5-2)6-3/h2-6,11H,1H3,(H,12,13);4-6H2,1-3H3. The van der Waals surface area contributed by atoms with E-state index in [1.165, 1.54) is 38.7 Å². The topological polar surface area (TPSA) is 60.8 Å². The van der Waals surface area contributed by atoms with Gasteiger partial charge in [-0.2, -0.15) is 0 Å². The summed E-state index contributed by atoms with van der Waals surface area (Å²) in [6.45, 7) is 11.6. The van der Waals surface area contributed by atoms with Crippen LogP contribution in [-0.2, 0) is 4.79 Å². The number of aliphatic carboxylic acids is 1. The van der Waals surface area contributed by atoms with Crippen LogP contribution in [0.15, 0.2) is 29.8 Å². The molecule has 1 aromatic carbocycles. The lowest BCUT2D eigenvalue weighted by molar-refractivity contribution is -0.132. The molecule has 0 aliphatic heterocycles. The van der Waals surface area contributed by atoms with Gasteiger partial charge in [0.2, 0.25) is 0 Å². The van der Waals surface area contributed by atoms with Gasteiger partial charge in [-0.1, -0.05) is 32.9 Å². The molecular formula is C16H25NO3. The molecule has 0 aromatic heterocycles. The number of nitrogens with zero attached hydrogens (tertiary/aromatic N) is 1. The van der Waals surface area contributed by atoms with Crippen molar-refractivity contribution >= 4 is 12.0 Å². The minimum atomic E-state index is -0.937. The van der Waals surface area contributed by atoms with E-state index in [0.29, 0.717) is 0 Å². The molecule has 0 aliphatic rings. The van der Waals surface area contributed by atoms with Crippen molar-refractivity contribution in [2.45, 2.75) is 27.7 Å². The average molecular weight is 279 g/mol. The second kappa shape index (κ2) is 10.0. The molecule has 4 heteroatoms. The highest BCUT2D eigenvalue weighted by molar-refractivity contribution is 5.91. The number of phenols is 1. The molecule has 1 rings (SSSR count). The molecule has 2 N–H and O–H groups in total. The first-order chi connectivity index (χ1) is 9.44. The highest BCUT2D eigenvalue weighted by Gasteiger charge is 1.99. The fourth-order valence-electron chi connectivity index (χ4n) is 1.55. The van der Waals surface area contributed by atoms with Gasteiger partial charge >= 0.3 is 5.97 Å². The molecule has 0 spiro atoms. The van der Waals surface area contributed by atoms with Crippen LogP contribution >= 0.6 is 0 Å². The van der Waals surface area contributed by atoms with Crippen LogP contribution in [0.1, 0.15) is 33.3 Å². The Morgan fingerprint density at radius 2 is 1.55 bits per heavy atom. The van der Waals surface area contributed by atoms with Crippen LogP contribution in [0.25, 0.3) is 6.08 Å². The van der Waals surface area contributed by atoms with E-state index in [9.17, 15) is 4.79 Å². The third kappa shape index (κ3) is 7.59. The summed E-state index contributed by atoms with van der Waals surface area (Å²) in [5.74, 6) is -0.766. The Labute approximate surface area is 121 Å². The first-order valence-corrected chi connectivity index (χ1v) is 6.87. The first kappa shape index (κ1) is 18.2. The molecule has 0 aliphatic carbocycles. The summed E-state index contributed by atoms with van der Waals surface area (Å²) < 4.78 is 0. The van der Waals surface area contributed by atoms with Crippen LogP contribution < -0.4 is 0 Å². The summed E-state index contributed by atoms with van der Waals surface area (Å²) in [6, 6.07) is 6.34. The monoisotopic (exact) mass is 279 g/mol. The molecule has 0 heterocycles. The third-order valence-corrected chi connectivity index (χ3v) is 2.96. The number of carboxylic acid groups (broad SMARTS) is 1. The maximum absolute atomic E-state index is 10.5. The molecule has 0 bridgehead atoms. The molecule has 0 fully saturated rings. The van der Waals surface area contributed by atoms with Crippen LogP contribution in [-0.4, -0.2) is 40.7 Å². The van der Waals surface area contributed by atoms with Crippen LogP contribution in [0.4, 0.5) is 0 Å². The predicted molar refractivity (Wildman–Crippen MR) is 82.9 cm³/mol. The second-order valence-electron chi connectivity index (χ2n) is 4.34. The number of hydrogen-bond donors (Lipinski definition) is 2. The summed E-state index contributed by atoms with van der Waals surface area (Å²) in [4.78, 5) is 12.8. The Bertz CT molecular complexity index is 414. The molecule has 0 amide bonds. The zero-order valence-electron chi connectivity index (χ0n) is 12.8. The van der Waals surface area contributed by atoms with Gasteiger partial charge in [0.15, 0.2) is 0 Å². The third-order valence-electron chi connectivity index (χ3n) is 2.96. The van der Waals surface area contributed by atoms with E-state index in [-0.39, 0.29) is 11.3 Å². The van der Waals surface area contributed by atoms with Gasteiger partial charge in [0, 0.05) is 5.57 Å². The van der Waals surface area contributed by atoms with Crippen molar-refractivity contribution in [3.8, 4) is 5.75 Å². The van der Waals surface area contributed by atoms with Crippen molar-refractivity contribution in [2.75, 3.05) is 19.6 Å². The summed E-state index contributed by atoms with van der Waals surface area (Å²) in [5, 5.41) is 17.5. The maximum Gasteiger partial charge on any atom is 0.331 e. The van der Waals surface area contributed by atoms with Crippen LogP contribution in [0.3, 0.4) is 0 Å². The fourth-order valence-corrected chi connectivity index (χ4v) is 1.55. The lowest BCUT2D eigenvalue weighted by Gasteiger charge is -2.13. The molecule has 0 saturated carbocycles. The van der Waals surface area contributed by atoms with Gasteiger partial charge in [-0.3, -0.25) is 0 Å². The van der Waals surface area contributed by atoms with Crippen LogP contribution in [0.2, 0.25) is 0 Å². The maximum atomic E-state index is 10.5. The van der Waals surface area contributed by atoms with E-state index >= 15 is 0 Å². The molecule has 4 nitrogen and oxygen atoms in total. The Morgan fingerprint density at radius 1 is 1.10 bits per heavy atom. The minimum absolute atomic E-state index is 0.171. The van der Waals surface area contributed by atoms with E-state index in [1.807, 2.05) is 0 Å². The highest BCUT2D eigenvalue weighted by Crippen LogP contribution is 2.12. The number of carboxylic acids is 1. The van der Waals surface area contributed by atoms with Gasteiger partial charge in [0.25, 0.3) is 0 Å². The van der Waals surface area contributed by atoms with Gasteiger partial charge in [0.05, 0.1) is 0 Å². The fraction of sp³-hybridized carbons (Fsp3) is 0.438. The van der Waals surface area contributed by atoms with Gasteiger partial charge in [0.1, 0.15) is 5.75 Å². The van der Waals surface area contributed by atoms with Crippen LogP contribution in [0.5, 0.6) is 5.75 Å². The number of aromatic hydroxyl groups is 1. The lowest BCUT2D eigenvalue weighted by Crippen LogP contribution is -2.21. The molecule has 112 valence electrons. The SMILES string of the molecule is CC(=Cc1ccc(O)cc1)C(=O)O.CCN(CC)CC. The van der Waals surface area contributed by atoms with Crippen molar-refractivity contribution in [3.05, 3.63) is 35.4 Å². The minimum Gasteiger partial charge on any atom is -0.508 e. The van der Waals surface area contributed by atoms with E-state index in [0.717, 1.165) is 5.56 Å². The normalized spacial score (nSPS) is 10.9. The number of hydrogen-bond acceptors (Lipinski definition) is 3. The number of benzene rings is 1. The summed E-state index contributed by atoms with van der Waals surface area (Å²) in [7, 11) is 0. The molecule has 0 saturated heterocycles. The van der Waals surface area contributed by atoms with Crippen molar-refractivity contribution in [2.24, 2.45) is 0 Å². The summed E-state index contributed by atoms with van der Waals surface area (Å²) in [6.07, 6.45) is 1.54. The van der Waals surface area contributed by atoms with E-state index in [2.05, 4.69) is 25.7 Å². The molecule has 20 heavy (non-hydrogen) atoms. The Balaban J connectivity index is 0.000000441. The largest absolute Gasteiger partial charge is 0.508 e. The molecule has 0 atom stereocenters. The van der Waals surface area contributed by atoms with Crippen LogP contribution in [0, 0.1) is 0 Å². The number of rotatable bonds is 5. The zero-order valence-corrected chi connectivity index (χ0v) is 12.8. The second-order valence-corrected chi connectivity index (χ2v) is 4.34. The van der Waals surface area contributed by atoms with E-state index < -0.39 is 5.97 Å². The molecule has 0 unspecified atom stereocenters. The Hall–Kier alpha value is -1.81. The molecule has 0 radical (unpaired) electrons. The summed E-state index contributed by atoms with van der Waals surface area (Å²) >= 11 is 0. The van der Waals surface area contributed by atoms with Crippen molar-refractivity contribution in [1.29, 1.82) is 0 Å². The lowest BCUT2D eigenvalue weighted by atomic mass is 10.1. The van der Waals surface area contributed by atoms with Crippen molar-refractivity contribution < 1.29 is 15.0 Å². The zero-order chi connectivity index (χ0) is 15.5. The summed E-state index contributed by atoms with van der Waals surface area (Å²) in [5.41, 5.74) is 1.03. The Kier molecular flexibility index (Phi) is 9.13. The van der Waals surface area contributed by atoms with Gasteiger partial charge in [-0.05, 0) is 50.3 Å². The van der Waals surface area contributed by atoms with Gasteiger partial charge in [-0.15, -0.1) is 0 Å². The average Bonchev–Trinajstić information content (AvgIpc) is 2.44. The first-order valence-electron chi connectivity index (χ1n) is 6.87. The number of carbonyl (C=O) groups is 1. The Morgan fingerprint density at radius 3 is 1.85 bits per heavy atom. The van der Waals surface area contributed by atoms with Gasteiger partial charge in [-0.25, -0.2) is 4.79 Å². The van der Waals surface area contributed by atoms with Gasteiger partial charge < -0.3 is 15.1 Å².